The van der Waals surface area contributed by atoms with Crippen LogP contribution in [-0.4, -0.2) is 37.0 Å². The fourth-order valence-electron chi connectivity index (χ4n) is 3.39. The van der Waals surface area contributed by atoms with Crippen LogP contribution in [0.4, 0.5) is 13.2 Å². The number of methoxy groups -OCH3 is 1. The third-order valence-electron chi connectivity index (χ3n) is 4.99. The van der Waals surface area contributed by atoms with Crippen LogP contribution >= 0.6 is 0 Å². The zero-order valence-corrected chi connectivity index (χ0v) is 12.6. The van der Waals surface area contributed by atoms with E-state index in [4.69, 9.17) is 4.74 Å². The van der Waals surface area contributed by atoms with Crippen LogP contribution in [0.3, 0.4) is 0 Å². The number of amides is 1. The van der Waals surface area contributed by atoms with Crippen molar-refractivity contribution in [3.05, 3.63) is 35.1 Å². The van der Waals surface area contributed by atoms with E-state index in [1.54, 1.807) is 0 Å². The molecule has 2 fully saturated rings. The zero-order valence-electron chi connectivity index (χ0n) is 12.6. The minimum atomic E-state index is -1.64. The van der Waals surface area contributed by atoms with E-state index < -0.39 is 28.9 Å². The van der Waals surface area contributed by atoms with Crippen molar-refractivity contribution in [3.63, 3.8) is 0 Å². The maximum atomic E-state index is 13.7. The second-order valence-electron chi connectivity index (χ2n) is 6.16. The van der Waals surface area contributed by atoms with Crippen LogP contribution in [0.1, 0.15) is 29.6 Å². The van der Waals surface area contributed by atoms with Gasteiger partial charge in [0.1, 0.15) is 0 Å². The molecule has 1 atom stereocenters. The van der Waals surface area contributed by atoms with Gasteiger partial charge >= 0.3 is 5.97 Å². The van der Waals surface area contributed by atoms with Gasteiger partial charge in [-0.05, 0) is 36.8 Å². The van der Waals surface area contributed by atoms with Crippen LogP contribution in [0, 0.1) is 28.8 Å². The van der Waals surface area contributed by atoms with Gasteiger partial charge in [0.15, 0.2) is 17.5 Å². The summed E-state index contributed by atoms with van der Waals surface area (Å²) in [5.41, 5.74) is -0.601. The Morgan fingerprint density at radius 2 is 1.83 bits per heavy atom. The van der Waals surface area contributed by atoms with Crippen molar-refractivity contribution in [3.8, 4) is 0 Å². The van der Waals surface area contributed by atoms with Crippen LogP contribution in [-0.2, 0) is 9.53 Å². The molecule has 0 radical (unpaired) electrons. The highest BCUT2D eigenvalue weighted by Gasteiger charge is 2.59. The number of carbonyl (C=O) groups is 2. The molecule has 0 aromatic heterocycles. The summed E-state index contributed by atoms with van der Waals surface area (Å²) in [6.45, 7) is 0.704. The third-order valence-corrected chi connectivity index (χ3v) is 4.99. The fourth-order valence-corrected chi connectivity index (χ4v) is 3.39. The first-order valence-corrected chi connectivity index (χ1v) is 7.40. The minimum Gasteiger partial charge on any atom is -0.469 e. The predicted molar refractivity (Wildman–Crippen MR) is 74.0 cm³/mol. The molecule has 1 aromatic carbocycles. The van der Waals surface area contributed by atoms with Crippen LogP contribution < -0.4 is 0 Å². The average Bonchev–Trinajstić information content (AvgIpc) is 3.25. The second-order valence-corrected chi connectivity index (χ2v) is 6.16. The predicted octanol–water partition coefficient (Wildman–Crippen LogP) is 2.52. The number of nitrogens with zero attached hydrogens (tertiary/aromatic N) is 1. The average molecular weight is 327 g/mol. The van der Waals surface area contributed by atoms with E-state index in [0.29, 0.717) is 25.9 Å². The molecule has 124 valence electrons. The summed E-state index contributed by atoms with van der Waals surface area (Å²) in [6.07, 6.45) is 1.97. The summed E-state index contributed by atoms with van der Waals surface area (Å²) >= 11 is 0. The highest BCUT2D eigenvalue weighted by molar-refractivity contribution is 5.94. The Morgan fingerprint density at radius 1 is 1.17 bits per heavy atom. The monoisotopic (exact) mass is 327 g/mol. The van der Waals surface area contributed by atoms with Gasteiger partial charge in [-0.2, -0.15) is 0 Å². The van der Waals surface area contributed by atoms with E-state index in [9.17, 15) is 22.8 Å². The van der Waals surface area contributed by atoms with Crippen LogP contribution in [0.15, 0.2) is 12.1 Å². The first-order valence-electron chi connectivity index (χ1n) is 7.40. The Bertz CT molecular complexity index is 669. The Hall–Kier alpha value is -2.05. The summed E-state index contributed by atoms with van der Waals surface area (Å²) in [7, 11) is 1.35. The molecule has 2 aliphatic rings. The van der Waals surface area contributed by atoms with E-state index in [1.807, 2.05) is 0 Å². The number of hydrogen-bond donors (Lipinski definition) is 0. The molecule has 3 rings (SSSR count). The molecule has 0 N–H and O–H groups in total. The number of halogens is 3. The number of likely N-dealkylation sites (tertiary alicyclic amines) is 1. The summed E-state index contributed by atoms with van der Waals surface area (Å²) in [4.78, 5) is 25.3. The van der Waals surface area contributed by atoms with Gasteiger partial charge in [-0.3, -0.25) is 9.59 Å². The standard InChI is InChI=1S/C16H16F3NO3/c1-23-15(22)10-8-16(10)4-6-20(7-5-16)14(21)9-2-3-11(17)13(19)12(9)18/h2-3,10H,4-8H2,1H3. The summed E-state index contributed by atoms with van der Waals surface area (Å²) < 4.78 is 44.7. The largest absolute Gasteiger partial charge is 0.469 e. The lowest BCUT2D eigenvalue weighted by atomic mass is 9.90. The molecular weight excluding hydrogens is 311 g/mol. The van der Waals surface area contributed by atoms with Crippen molar-refractivity contribution in [2.75, 3.05) is 20.2 Å². The van der Waals surface area contributed by atoms with Gasteiger partial charge in [0.05, 0.1) is 18.6 Å². The van der Waals surface area contributed by atoms with Gasteiger partial charge in [0.25, 0.3) is 5.91 Å². The van der Waals surface area contributed by atoms with Gasteiger partial charge < -0.3 is 9.64 Å². The summed E-state index contributed by atoms with van der Waals surface area (Å²) in [5, 5.41) is 0. The summed E-state index contributed by atoms with van der Waals surface area (Å²) in [6, 6.07) is 1.69. The van der Waals surface area contributed by atoms with Crippen LogP contribution in [0.2, 0.25) is 0 Å². The molecule has 1 heterocycles. The number of ether oxygens (including phenoxy) is 1. The van der Waals surface area contributed by atoms with E-state index in [1.165, 1.54) is 12.0 Å². The molecule has 7 heteroatoms. The lowest BCUT2D eigenvalue weighted by Crippen LogP contribution is -2.40. The highest BCUT2D eigenvalue weighted by Crippen LogP contribution is 2.59. The minimum absolute atomic E-state index is 0.129. The molecule has 1 spiro atoms. The molecule has 23 heavy (non-hydrogen) atoms. The van der Waals surface area contributed by atoms with Gasteiger partial charge in [-0.25, -0.2) is 13.2 Å². The SMILES string of the molecule is COC(=O)C1CC12CCN(C(=O)c1ccc(F)c(F)c1F)CC2. The Balaban J connectivity index is 1.68. The van der Waals surface area contributed by atoms with Crippen molar-refractivity contribution >= 4 is 11.9 Å². The van der Waals surface area contributed by atoms with Crippen molar-refractivity contribution in [2.24, 2.45) is 11.3 Å². The maximum Gasteiger partial charge on any atom is 0.309 e. The molecule has 1 amide bonds. The molecule has 1 aromatic rings. The molecule has 1 aliphatic carbocycles. The van der Waals surface area contributed by atoms with E-state index in [-0.39, 0.29) is 17.3 Å². The van der Waals surface area contributed by atoms with Crippen LogP contribution in [0.25, 0.3) is 0 Å². The van der Waals surface area contributed by atoms with Crippen molar-refractivity contribution < 1.29 is 27.5 Å². The van der Waals surface area contributed by atoms with E-state index in [0.717, 1.165) is 18.6 Å². The highest BCUT2D eigenvalue weighted by atomic mass is 19.2. The third kappa shape index (κ3) is 2.58. The first-order chi connectivity index (χ1) is 10.9. The van der Waals surface area contributed by atoms with Crippen molar-refractivity contribution in [1.82, 2.24) is 4.90 Å². The first kappa shape index (κ1) is 15.8. The fraction of sp³-hybridized carbons (Fsp3) is 0.500. The van der Waals surface area contributed by atoms with Gasteiger partial charge in [0, 0.05) is 13.1 Å². The Morgan fingerprint density at radius 3 is 2.43 bits per heavy atom. The molecule has 0 bridgehead atoms. The van der Waals surface area contributed by atoms with Crippen LogP contribution in [0.5, 0.6) is 0 Å². The number of esters is 1. The lowest BCUT2D eigenvalue weighted by Gasteiger charge is -2.32. The zero-order chi connectivity index (χ0) is 16.8. The Kier molecular flexibility index (Phi) is 3.82. The van der Waals surface area contributed by atoms with Gasteiger partial charge in [0.2, 0.25) is 0 Å². The van der Waals surface area contributed by atoms with E-state index >= 15 is 0 Å². The normalized spacial score (nSPS) is 22.1. The number of benzene rings is 1. The van der Waals surface area contributed by atoms with Crippen molar-refractivity contribution in [2.45, 2.75) is 19.3 Å². The van der Waals surface area contributed by atoms with E-state index in [2.05, 4.69) is 0 Å². The molecule has 4 nitrogen and oxygen atoms in total. The molecular formula is C16H16F3NO3. The quantitative estimate of drug-likeness (QED) is 0.619. The summed E-state index contributed by atoms with van der Waals surface area (Å²) in [5.74, 6) is -5.46. The topological polar surface area (TPSA) is 46.6 Å². The number of rotatable bonds is 2. The van der Waals surface area contributed by atoms with Gasteiger partial charge in [-0.1, -0.05) is 0 Å². The number of carbonyl (C=O) groups excluding carboxylic acids is 2. The molecule has 1 saturated heterocycles. The molecule has 1 saturated carbocycles. The number of hydrogen-bond acceptors (Lipinski definition) is 3. The molecule has 1 aliphatic heterocycles. The van der Waals surface area contributed by atoms with Gasteiger partial charge in [-0.15, -0.1) is 0 Å². The molecule has 1 unspecified atom stereocenters. The maximum absolute atomic E-state index is 13.7. The lowest BCUT2D eigenvalue weighted by molar-refractivity contribution is -0.143. The Labute approximate surface area is 131 Å². The number of piperidine rings is 1. The van der Waals surface area contributed by atoms with Crippen molar-refractivity contribution in [1.29, 1.82) is 0 Å². The second kappa shape index (κ2) is 5.54. The smallest absolute Gasteiger partial charge is 0.309 e.